The number of benzene rings is 1. The van der Waals surface area contributed by atoms with Crippen LogP contribution in [0, 0.1) is 18.8 Å². The molecule has 0 radical (unpaired) electrons. The maximum absolute atomic E-state index is 12.5. The van der Waals surface area contributed by atoms with E-state index < -0.39 is 0 Å². The van der Waals surface area contributed by atoms with Gasteiger partial charge in [-0.15, -0.1) is 0 Å². The Morgan fingerprint density at radius 2 is 2.12 bits per heavy atom. The first-order valence-corrected chi connectivity index (χ1v) is 6.46. The second-order valence-electron chi connectivity index (χ2n) is 5.54. The number of ketones is 1. The fourth-order valence-electron chi connectivity index (χ4n) is 3.07. The molecule has 0 spiro atoms. The van der Waals surface area contributed by atoms with Gasteiger partial charge in [0.2, 0.25) is 0 Å². The van der Waals surface area contributed by atoms with Gasteiger partial charge < -0.3 is 4.74 Å². The van der Waals surface area contributed by atoms with Crippen LogP contribution in [0.15, 0.2) is 18.2 Å². The van der Waals surface area contributed by atoms with Crippen LogP contribution in [0.4, 0.5) is 0 Å². The van der Waals surface area contributed by atoms with E-state index in [0.29, 0.717) is 11.7 Å². The number of fused-ring (bicyclic) bond motifs is 2. The Morgan fingerprint density at radius 1 is 1.29 bits per heavy atom. The number of carbonyl (C=O) groups is 1. The average molecular weight is 230 g/mol. The molecule has 1 aromatic carbocycles. The van der Waals surface area contributed by atoms with Gasteiger partial charge in [0.25, 0.3) is 0 Å². The van der Waals surface area contributed by atoms with Crippen LogP contribution in [-0.2, 0) is 0 Å². The van der Waals surface area contributed by atoms with Crippen LogP contribution in [0.2, 0.25) is 0 Å². The summed E-state index contributed by atoms with van der Waals surface area (Å²) in [7, 11) is 0. The van der Waals surface area contributed by atoms with Crippen molar-refractivity contribution in [3.8, 4) is 5.75 Å². The number of hydrogen-bond donors (Lipinski definition) is 0. The van der Waals surface area contributed by atoms with Crippen molar-refractivity contribution in [3.63, 3.8) is 0 Å². The summed E-state index contributed by atoms with van der Waals surface area (Å²) in [6, 6.07) is 5.92. The van der Waals surface area contributed by atoms with Gasteiger partial charge in [0.1, 0.15) is 11.9 Å². The second kappa shape index (κ2) is 3.86. The van der Waals surface area contributed by atoms with Gasteiger partial charge in [0, 0.05) is 0 Å². The highest BCUT2D eigenvalue weighted by Gasteiger charge is 2.40. The summed E-state index contributed by atoms with van der Waals surface area (Å²) in [4.78, 5) is 12.5. The molecule has 17 heavy (non-hydrogen) atoms. The number of aryl methyl sites for hydroxylation is 1. The van der Waals surface area contributed by atoms with Crippen molar-refractivity contribution in [2.45, 2.75) is 39.2 Å². The van der Waals surface area contributed by atoms with E-state index in [1.54, 1.807) is 0 Å². The highest BCUT2D eigenvalue weighted by Crippen LogP contribution is 2.40. The number of Topliss-reactive ketones (excluding diaryl/α,β-unsaturated/α-hetero) is 1. The normalized spacial score (nSPS) is 31.4. The van der Waals surface area contributed by atoms with Crippen LogP contribution in [0.25, 0.3) is 0 Å². The maximum atomic E-state index is 12.5. The van der Waals surface area contributed by atoms with Crippen molar-refractivity contribution >= 4 is 5.78 Å². The Morgan fingerprint density at radius 3 is 2.94 bits per heavy atom. The molecule has 0 N–H and O–H groups in total. The molecule has 0 amide bonds. The fraction of sp³-hybridized carbons (Fsp3) is 0.533. The predicted molar refractivity (Wildman–Crippen MR) is 66.4 cm³/mol. The van der Waals surface area contributed by atoms with E-state index in [4.69, 9.17) is 4.74 Å². The van der Waals surface area contributed by atoms with E-state index in [0.717, 1.165) is 29.7 Å². The third kappa shape index (κ3) is 1.76. The molecule has 1 heterocycles. The highest BCUT2D eigenvalue weighted by atomic mass is 16.5. The zero-order chi connectivity index (χ0) is 12.0. The Kier molecular flexibility index (Phi) is 2.46. The van der Waals surface area contributed by atoms with E-state index >= 15 is 0 Å². The van der Waals surface area contributed by atoms with Crippen LogP contribution < -0.4 is 4.74 Å². The molecule has 1 fully saturated rings. The molecule has 0 bridgehead atoms. The lowest BCUT2D eigenvalue weighted by molar-refractivity contribution is 0.0436. The van der Waals surface area contributed by atoms with Crippen molar-refractivity contribution in [1.29, 1.82) is 0 Å². The first-order chi connectivity index (χ1) is 8.15. The zero-order valence-corrected chi connectivity index (χ0v) is 10.4. The zero-order valence-electron chi connectivity index (χ0n) is 10.4. The van der Waals surface area contributed by atoms with Crippen molar-refractivity contribution in [2.75, 3.05) is 0 Å². The van der Waals surface area contributed by atoms with Crippen LogP contribution in [0.1, 0.15) is 42.1 Å². The van der Waals surface area contributed by atoms with E-state index in [1.807, 2.05) is 25.1 Å². The summed E-state index contributed by atoms with van der Waals surface area (Å²) < 4.78 is 5.99. The number of ether oxygens (including phenoxy) is 1. The molecule has 2 nitrogen and oxygen atoms in total. The van der Waals surface area contributed by atoms with Crippen LogP contribution >= 0.6 is 0 Å². The summed E-state index contributed by atoms with van der Waals surface area (Å²) in [6.07, 6.45) is 3.30. The first-order valence-electron chi connectivity index (χ1n) is 6.46. The van der Waals surface area contributed by atoms with Gasteiger partial charge >= 0.3 is 0 Å². The number of carbonyl (C=O) groups excluding carboxylic acids is 1. The standard InChI is InChI=1S/C15H18O2/c1-9-3-5-13-11(7-9)15(16)12-8-10(2)4-6-14(12)17-13/h3,5,7,10,12,14H,4,6,8H2,1-2H3. The molecule has 1 aromatic rings. The quantitative estimate of drug-likeness (QED) is 0.683. The van der Waals surface area contributed by atoms with E-state index in [1.165, 1.54) is 6.42 Å². The Labute approximate surface area is 102 Å². The minimum atomic E-state index is 0.0908. The largest absolute Gasteiger partial charge is 0.489 e. The molecular formula is C15H18O2. The molecule has 2 heteroatoms. The monoisotopic (exact) mass is 230 g/mol. The van der Waals surface area contributed by atoms with Crippen LogP contribution in [0.5, 0.6) is 5.75 Å². The predicted octanol–water partition coefficient (Wildman–Crippen LogP) is 3.37. The first kappa shape index (κ1) is 10.8. The second-order valence-corrected chi connectivity index (χ2v) is 5.54. The summed E-state index contributed by atoms with van der Waals surface area (Å²) in [5.41, 5.74) is 1.92. The molecule has 0 aromatic heterocycles. The molecule has 2 aliphatic rings. The molecular weight excluding hydrogens is 212 g/mol. The fourth-order valence-corrected chi connectivity index (χ4v) is 3.07. The number of rotatable bonds is 0. The molecule has 1 saturated carbocycles. The van der Waals surface area contributed by atoms with E-state index in [2.05, 4.69) is 6.92 Å². The van der Waals surface area contributed by atoms with Crippen molar-refractivity contribution in [1.82, 2.24) is 0 Å². The molecule has 90 valence electrons. The lowest BCUT2D eigenvalue weighted by Gasteiger charge is -2.38. The van der Waals surface area contributed by atoms with Gasteiger partial charge in [0.05, 0.1) is 11.5 Å². The van der Waals surface area contributed by atoms with Gasteiger partial charge in [-0.1, -0.05) is 18.6 Å². The molecule has 1 aliphatic heterocycles. The van der Waals surface area contributed by atoms with Gasteiger partial charge in [-0.05, 0) is 44.2 Å². The Balaban J connectivity index is 2.00. The Hall–Kier alpha value is -1.31. The van der Waals surface area contributed by atoms with E-state index in [-0.39, 0.29) is 12.0 Å². The molecule has 0 saturated heterocycles. The minimum absolute atomic E-state index is 0.0908. The SMILES string of the molecule is Cc1ccc2c(c1)C(=O)C1CC(C)CCC1O2. The molecule has 1 aliphatic carbocycles. The summed E-state index contributed by atoms with van der Waals surface area (Å²) in [5, 5.41) is 0. The smallest absolute Gasteiger partial charge is 0.173 e. The number of hydrogen-bond acceptors (Lipinski definition) is 2. The summed E-state index contributed by atoms with van der Waals surface area (Å²) >= 11 is 0. The minimum Gasteiger partial charge on any atom is -0.489 e. The Bertz CT molecular complexity index is 464. The van der Waals surface area contributed by atoms with Gasteiger partial charge in [0.15, 0.2) is 5.78 Å². The van der Waals surface area contributed by atoms with Crippen molar-refractivity contribution in [3.05, 3.63) is 29.3 Å². The van der Waals surface area contributed by atoms with Crippen molar-refractivity contribution < 1.29 is 9.53 Å². The topological polar surface area (TPSA) is 26.3 Å². The summed E-state index contributed by atoms with van der Waals surface area (Å²) in [6.45, 7) is 4.25. The molecule has 3 unspecified atom stereocenters. The maximum Gasteiger partial charge on any atom is 0.173 e. The highest BCUT2D eigenvalue weighted by molar-refractivity contribution is 6.01. The van der Waals surface area contributed by atoms with Gasteiger partial charge in [-0.25, -0.2) is 0 Å². The molecule has 3 rings (SSSR count). The summed E-state index contributed by atoms with van der Waals surface area (Å²) in [5.74, 6) is 1.83. The average Bonchev–Trinajstić information content (AvgIpc) is 2.32. The lowest BCUT2D eigenvalue weighted by Crippen LogP contribution is -2.41. The van der Waals surface area contributed by atoms with Crippen LogP contribution in [0.3, 0.4) is 0 Å². The third-order valence-corrected chi connectivity index (χ3v) is 4.06. The van der Waals surface area contributed by atoms with Gasteiger partial charge in [-0.2, -0.15) is 0 Å². The van der Waals surface area contributed by atoms with Crippen LogP contribution in [-0.4, -0.2) is 11.9 Å². The lowest BCUT2D eigenvalue weighted by atomic mass is 9.75. The third-order valence-electron chi connectivity index (χ3n) is 4.06. The van der Waals surface area contributed by atoms with Gasteiger partial charge in [-0.3, -0.25) is 4.79 Å². The molecule has 3 atom stereocenters. The van der Waals surface area contributed by atoms with E-state index in [9.17, 15) is 4.79 Å². The van der Waals surface area contributed by atoms with Crippen molar-refractivity contribution in [2.24, 2.45) is 11.8 Å².